The molecule has 0 aliphatic rings. The fourth-order valence-electron chi connectivity index (χ4n) is 5.77. The van der Waals surface area contributed by atoms with Gasteiger partial charge in [-0.25, -0.2) is 0 Å². The number of nitrogens with zero attached hydrogens (tertiary/aromatic N) is 2. The van der Waals surface area contributed by atoms with Gasteiger partial charge in [0.15, 0.2) is 0 Å². The molecule has 0 aliphatic heterocycles. The van der Waals surface area contributed by atoms with Crippen molar-refractivity contribution in [3.05, 3.63) is 0 Å². The maximum Gasteiger partial charge on any atom is 0.132 e. The van der Waals surface area contributed by atoms with E-state index in [2.05, 4.69) is 47.4 Å². The number of hydrogen-bond donors (Lipinski definition) is 1. The molecule has 0 aliphatic carbocycles. The molecule has 0 aromatic rings. The molecule has 230 valence electrons. The van der Waals surface area contributed by atoms with Gasteiger partial charge in [0.05, 0.1) is 47.8 Å². The Kier molecular flexibility index (Phi) is 27.0. The van der Waals surface area contributed by atoms with Crippen LogP contribution in [0.2, 0.25) is 0 Å². The molecule has 0 spiro atoms. The maximum absolute atomic E-state index is 3.76. The van der Waals surface area contributed by atoms with Gasteiger partial charge in [-0.3, -0.25) is 5.32 Å². The standard InChI is InChI=1S/C35H77N3/c1-7-9-11-13-15-17-19-21-23-25-28-32-37(3,4)33-30-27-31-36-35-38(5,6)34-29-26-24-22-20-18-16-14-12-10-8-2/h36H,7-35H2,1-6H3/q+2. The van der Waals surface area contributed by atoms with Crippen LogP contribution in [0.15, 0.2) is 0 Å². The lowest BCUT2D eigenvalue weighted by atomic mass is 10.1. The summed E-state index contributed by atoms with van der Waals surface area (Å²) in [6, 6.07) is 0. The van der Waals surface area contributed by atoms with Crippen LogP contribution >= 0.6 is 0 Å². The highest BCUT2D eigenvalue weighted by molar-refractivity contribution is 4.51. The normalized spacial score (nSPS) is 12.5. The van der Waals surface area contributed by atoms with Crippen LogP contribution in [0.1, 0.15) is 168 Å². The van der Waals surface area contributed by atoms with E-state index in [0.717, 1.165) is 11.2 Å². The molecule has 3 nitrogen and oxygen atoms in total. The molecule has 0 unspecified atom stereocenters. The zero-order valence-corrected chi connectivity index (χ0v) is 27.9. The predicted molar refractivity (Wildman–Crippen MR) is 174 cm³/mol. The van der Waals surface area contributed by atoms with Gasteiger partial charge >= 0.3 is 0 Å². The molecular formula is C35H77N3+2. The molecule has 0 radical (unpaired) electrons. The molecule has 0 fully saturated rings. The van der Waals surface area contributed by atoms with Crippen LogP contribution in [0.3, 0.4) is 0 Å². The third-order valence-electron chi connectivity index (χ3n) is 8.64. The molecule has 0 saturated heterocycles. The SMILES string of the molecule is CCCCCCCCCCCCC[N+](C)(C)CCCCNC[N+](C)(C)CCCCCCCCCCCCC. The van der Waals surface area contributed by atoms with E-state index in [1.54, 1.807) is 0 Å². The summed E-state index contributed by atoms with van der Waals surface area (Å²) in [4.78, 5) is 0. The summed E-state index contributed by atoms with van der Waals surface area (Å²) in [5, 5.41) is 3.76. The molecule has 0 amide bonds. The molecular weight excluding hydrogens is 462 g/mol. The summed E-state index contributed by atoms with van der Waals surface area (Å²) in [6.45, 7) is 10.9. The maximum atomic E-state index is 3.76. The largest absolute Gasteiger partial charge is 0.328 e. The molecule has 0 bridgehead atoms. The van der Waals surface area contributed by atoms with Crippen LogP contribution < -0.4 is 5.32 Å². The minimum absolute atomic E-state index is 1.12. The first-order chi connectivity index (χ1) is 18.3. The van der Waals surface area contributed by atoms with Crippen molar-refractivity contribution < 1.29 is 8.97 Å². The van der Waals surface area contributed by atoms with Gasteiger partial charge in [-0.05, 0) is 38.5 Å². The third-order valence-corrected chi connectivity index (χ3v) is 8.64. The van der Waals surface area contributed by atoms with Gasteiger partial charge in [0, 0.05) is 6.54 Å². The van der Waals surface area contributed by atoms with Crippen LogP contribution in [-0.4, -0.2) is 70.0 Å². The van der Waals surface area contributed by atoms with Gasteiger partial charge < -0.3 is 8.97 Å². The third kappa shape index (κ3) is 28.9. The molecule has 38 heavy (non-hydrogen) atoms. The van der Waals surface area contributed by atoms with Gasteiger partial charge in [-0.1, -0.05) is 129 Å². The van der Waals surface area contributed by atoms with E-state index in [0.29, 0.717) is 0 Å². The zero-order valence-electron chi connectivity index (χ0n) is 27.9. The second-order valence-corrected chi connectivity index (χ2v) is 14.0. The van der Waals surface area contributed by atoms with E-state index in [1.165, 1.54) is 185 Å². The highest BCUT2D eigenvalue weighted by Crippen LogP contribution is 2.14. The van der Waals surface area contributed by atoms with Crippen molar-refractivity contribution in [3.8, 4) is 0 Å². The van der Waals surface area contributed by atoms with Crippen LogP contribution in [0.5, 0.6) is 0 Å². The van der Waals surface area contributed by atoms with Gasteiger partial charge in [-0.15, -0.1) is 0 Å². The summed E-state index contributed by atoms with van der Waals surface area (Å²) in [5.74, 6) is 0. The Morgan fingerprint density at radius 2 is 0.632 bits per heavy atom. The quantitative estimate of drug-likeness (QED) is 0.0525. The second kappa shape index (κ2) is 27.1. The van der Waals surface area contributed by atoms with E-state index in [4.69, 9.17) is 0 Å². The summed E-state index contributed by atoms with van der Waals surface area (Å²) in [5.41, 5.74) is 0. The smallest absolute Gasteiger partial charge is 0.132 e. The Morgan fingerprint density at radius 3 is 1.00 bits per heavy atom. The van der Waals surface area contributed by atoms with Crippen molar-refractivity contribution in [1.82, 2.24) is 5.32 Å². The first-order valence-corrected chi connectivity index (χ1v) is 17.7. The predicted octanol–water partition coefficient (Wildman–Crippen LogP) is 10.1. The van der Waals surface area contributed by atoms with E-state index in [1.807, 2.05) is 0 Å². The van der Waals surface area contributed by atoms with Gasteiger partial charge in [0.1, 0.15) is 6.67 Å². The Bertz CT molecular complexity index is 418. The number of rotatable bonds is 31. The second-order valence-electron chi connectivity index (χ2n) is 14.0. The molecule has 0 rings (SSSR count). The number of hydrogen-bond acceptors (Lipinski definition) is 1. The molecule has 1 N–H and O–H groups in total. The molecule has 0 heterocycles. The van der Waals surface area contributed by atoms with Crippen LogP contribution in [0.4, 0.5) is 0 Å². The minimum Gasteiger partial charge on any atom is -0.328 e. The first kappa shape index (κ1) is 37.9. The van der Waals surface area contributed by atoms with E-state index in [-0.39, 0.29) is 0 Å². The lowest BCUT2D eigenvalue weighted by Gasteiger charge is -2.31. The highest BCUT2D eigenvalue weighted by Gasteiger charge is 2.15. The van der Waals surface area contributed by atoms with Crippen molar-refractivity contribution in [2.45, 2.75) is 168 Å². The Hall–Kier alpha value is -0.120. The summed E-state index contributed by atoms with van der Waals surface area (Å²) in [6.07, 6.45) is 34.3. The number of nitrogens with one attached hydrogen (secondary N) is 1. The van der Waals surface area contributed by atoms with E-state index >= 15 is 0 Å². The first-order valence-electron chi connectivity index (χ1n) is 17.7. The highest BCUT2D eigenvalue weighted by atomic mass is 15.4. The van der Waals surface area contributed by atoms with Crippen molar-refractivity contribution in [3.63, 3.8) is 0 Å². The minimum atomic E-state index is 1.12. The van der Waals surface area contributed by atoms with Crippen LogP contribution in [0.25, 0.3) is 0 Å². The van der Waals surface area contributed by atoms with E-state index in [9.17, 15) is 0 Å². The van der Waals surface area contributed by atoms with E-state index < -0.39 is 0 Å². The fraction of sp³-hybridized carbons (Fsp3) is 1.00. The number of unbranched alkanes of at least 4 members (excludes halogenated alkanes) is 21. The average molecular weight is 540 g/mol. The average Bonchev–Trinajstić information content (AvgIpc) is 2.87. The molecule has 3 heteroatoms. The van der Waals surface area contributed by atoms with Crippen molar-refractivity contribution in [2.75, 3.05) is 61.0 Å². The Labute approximate surface area is 243 Å². The van der Waals surface area contributed by atoms with Gasteiger partial charge in [-0.2, -0.15) is 0 Å². The van der Waals surface area contributed by atoms with Crippen molar-refractivity contribution >= 4 is 0 Å². The van der Waals surface area contributed by atoms with Gasteiger partial charge in [0.2, 0.25) is 0 Å². The summed E-state index contributed by atoms with van der Waals surface area (Å²) < 4.78 is 2.33. The lowest BCUT2D eigenvalue weighted by molar-refractivity contribution is -0.893. The topological polar surface area (TPSA) is 12.0 Å². The Balaban J connectivity index is 3.51. The molecule has 0 saturated carbocycles. The van der Waals surface area contributed by atoms with Crippen molar-refractivity contribution in [1.29, 1.82) is 0 Å². The molecule has 0 aromatic carbocycles. The fourth-order valence-corrected chi connectivity index (χ4v) is 5.77. The van der Waals surface area contributed by atoms with Gasteiger partial charge in [0.25, 0.3) is 0 Å². The van der Waals surface area contributed by atoms with Crippen molar-refractivity contribution in [2.24, 2.45) is 0 Å². The van der Waals surface area contributed by atoms with Crippen LogP contribution in [-0.2, 0) is 0 Å². The molecule has 0 aromatic heterocycles. The molecule has 0 atom stereocenters. The zero-order chi connectivity index (χ0) is 28.2. The monoisotopic (exact) mass is 540 g/mol. The summed E-state index contributed by atoms with van der Waals surface area (Å²) in [7, 11) is 9.68. The Morgan fingerprint density at radius 1 is 0.342 bits per heavy atom. The van der Waals surface area contributed by atoms with Crippen LogP contribution in [0, 0.1) is 0 Å². The number of quaternary nitrogens is 2. The lowest BCUT2D eigenvalue weighted by Crippen LogP contribution is -2.47. The summed E-state index contributed by atoms with van der Waals surface area (Å²) >= 11 is 0.